The van der Waals surface area contributed by atoms with Crippen LogP contribution in [0.1, 0.15) is 19.4 Å². The van der Waals surface area contributed by atoms with Gasteiger partial charge in [-0.15, -0.1) is 0 Å². The normalized spacial score (nSPS) is 21.2. The van der Waals surface area contributed by atoms with Gasteiger partial charge in [0.05, 0.1) is 5.54 Å². The molecule has 1 aliphatic heterocycles. The molecule has 3 nitrogen and oxygen atoms in total. The van der Waals surface area contributed by atoms with E-state index in [1.807, 2.05) is 13.8 Å². The van der Waals surface area contributed by atoms with E-state index in [0.29, 0.717) is 11.1 Å². The molecule has 0 atom stereocenters. The zero-order valence-electron chi connectivity index (χ0n) is 9.17. The Bertz CT molecular complexity index is 466. The Morgan fingerprint density at radius 3 is 2.56 bits per heavy atom. The molecule has 16 heavy (non-hydrogen) atoms. The molecule has 1 aromatic carbocycles. The maximum atomic E-state index is 13.4. The van der Waals surface area contributed by atoms with Crippen LogP contribution in [-0.2, 0) is 4.79 Å². The van der Waals surface area contributed by atoms with Gasteiger partial charge in [0.1, 0.15) is 5.82 Å². The van der Waals surface area contributed by atoms with Crippen molar-refractivity contribution in [1.82, 2.24) is 10.9 Å². The van der Waals surface area contributed by atoms with Crippen molar-refractivity contribution < 1.29 is 9.18 Å². The molecular formula is C12H13FN2O. The maximum absolute atomic E-state index is 13.4. The minimum atomic E-state index is -0.487. The first-order chi connectivity index (χ1) is 7.50. The lowest BCUT2D eigenvalue weighted by atomic mass is 9.94. The summed E-state index contributed by atoms with van der Waals surface area (Å²) in [5.74, 6) is -0.543. The van der Waals surface area contributed by atoms with E-state index < -0.39 is 5.54 Å². The number of carbonyl (C=O) groups excluding carboxylic acids is 1. The quantitative estimate of drug-likeness (QED) is 0.706. The van der Waals surface area contributed by atoms with Crippen molar-refractivity contribution in [3.63, 3.8) is 0 Å². The first kappa shape index (κ1) is 10.8. The summed E-state index contributed by atoms with van der Waals surface area (Å²) in [5.41, 5.74) is 5.82. The van der Waals surface area contributed by atoms with Crippen LogP contribution in [0.25, 0.3) is 6.08 Å². The summed E-state index contributed by atoms with van der Waals surface area (Å²) < 4.78 is 13.4. The highest BCUT2D eigenvalue weighted by Crippen LogP contribution is 2.23. The van der Waals surface area contributed by atoms with Crippen molar-refractivity contribution in [3.05, 3.63) is 41.2 Å². The van der Waals surface area contributed by atoms with Crippen molar-refractivity contribution >= 4 is 12.0 Å². The Morgan fingerprint density at radius 2 is 2.00 bits per heavy atom. The maximum Gasteiger partial charge on any atom is 0.263 e. The predicted molar refractivity (Wildman–Crippen MR) is 59.7 cm³/mol. The fourth-order valence-corrected chi connectivity index (χ4v) is 1.63. The van der Waals surface area contributed by atoms with Gasteiger partial charge in [-0.2, -0.15) is 0 Å². The standard InChI is InChI=1S/C12H13FN2O/c1-12(2)9(11(16)14-15-12)7-8-5-3-4-6-10(8)13/h3-7,15H,1-2H3,(H,14,16)/b9-7+. The number of hydrazine groups is 1. The van der Waals surface area contributed by atoms with Crippen molar-refractivity contribution in [2.75, 3.05) is 0 Å². The van der Waals surface area contributed by atoms with Crippen molar-refractivity contribution in [2.24, 2.45) is 0 Å². The Hall–Kier alpha value is -1.68. The topological polar surface area (TPSA) is 41.1 Å². The lowest BCUT2D eigenvalue weighted by Crippen LogP contribution is -2.38. The van der Waals surface area contributed by atoms with Crippen molar-refractivity contribution in [2.45, 2.75) is 19.4 Å². The number of benzene rings is 1. The van der Waals surface area contributed by atoms with Gasteiger partial charge in [-0.25, -0.2) is 9.82 Å². The Kier molecular flexibility index (Phi) is 2.52. The van der Waals surface area contributed by atoms with Gasteiger partial charge in [-0.3, -0.25) is 10.2 Å². The van der Waals surface area contributed by atoms with Crippen LogP contribution in [0.4, 0.5) is 4.39 Å². The van der Waals surface area contributed by atoms with Crippen LogP contribution in [0.3, 0.4) is 0 Å². The van der Waals surface area contributed by atoms with E-state index in [0.717, 1.165) is 0 Å². The molecule has 1 fully saturated rings. The molecule has 1 aliphatic rings. The van der Waals surface area contributed by atoms with Gasteiger partial charge in [0.25, 0.3) is 5.91 Å². The van der Waals surface area contributed by atoms with E-state index in [-0.39, 0.29) is 11.7 Å². The van der Waals surface area contributed by atoms with Gasteiger partial charge in [-0.05, 0) is 26.0 Å². The second-order valence-corrected chi connectivity index (χ2v) is 4.28. The van der Waals surface area contributed by atoms with Crippen LogP contribution in [0.2, 0.25) is 0 Å². The molecule has 1 heterocycles. The molecule has 0 radical (unpaired) electrons. The van der Waals surface area contributed by atoms with E-state index in [1.165, 1.54) is 6.07 Å². The third kappa shape index (κ3) is 1.84. The van der Waals surface area contributed by atoms with Crippen molar-refractivity contribution in [3.8, 4) is 0 Å². The average Bonchev–Trinajstić information content (AvgIpc) is 2.48. The molecule has 2 N–H and O–H groups in total. The Balaban J connectivity index is 2.45. The van der Waals surface area contributed by atoms with Gasteiger partial charge in [-0.1, -0.05) is 18.2 Å². The zero-order valence-corrected chi connectivity index (χ0v) is 9.17. The van der Waals surface area contributed by atoms with Crippen LogP contribution in [-0.4, -0.2) is 11.4 Å². The van der Waals surface area contributed by atoms with E-state index in [1.54, 1.807) is 24.3 Å². The first-order valence-corrected chi connectivity index (χ1v) is 5.05. The number of hydrogen-bond acceptors (Lipinski definition) is 2. The molecular weight excluding hydrogens is 207 g/mol. The molecule has 0 bridgehead atoms. The molecule has 84 valence electrons. The van der Waals surface area contributed by atoms with Crippen LogP contribution in [0.15, 0.2) is 29.8 Å². The zero-order chi connectivity index (χ0) is 11.8. The number of nitrogens with one attached hydrogen (secondary N) is 2. The molecule has 1 saturated heterocycles. The number of carbonyl (C=O) groups is 1. The van der Waals surface area contributed by atoms with Crippen molar-refractivity contribution in [1.29, 1.82) is 0 Å². The second kappa shape index (κ2) is 3.72. The smallest absolute Gasteiger partial charge is 0.263 e. The highest BCUT2D eigenvalue weighted by atomic mass is 19.1. The summed E-state index contributed by atoms with van der Waals surface area (Å²) >= 11 is 0. The molecule has 0 spiro atoms. The van der Waals surface area contributed by atoms with Crippen LogP contribution in [0, 0.1) is 5.82 Å². The highest BCUT2D eigenvalue weighted by Gasteiger charge is 2.34. The van der Waals surface area contributed by atoms with E-state index in [2.05, 4.69) is 10.9 Å². The summed E-state index contributed by atoms with van der Waals surface area (Å²) in [6.07, 6.45) is 1.57. The minimum Gasteiger partial charge on any atom is -0.287 e. The molecule has 1 aromatic rings. The molecule has 0 aromatic heterocycles. The monoisotopic (exact) mass is 220 g/mol. The van der Waals surface area contributed by atoms with E-state index in [9.17, 15) is 9.18 Å². The fraction of sp³-hybridized carbons (Fsp3) is 0.250. The lowest BCUT2D eigenvalue weighted by Gasteiger charge is -2.16. The summed E-state index contributed by atoms with van der Waals surface area (Å²) in [6, 6.07) is 6.38. The minimum absolute atomic E-state index is 0.215. The molecule has 1 amide bonds. The van der Waals surface area contributed by atoms with Gasteiger partial charge in [0.2, 0.25) is 0 Å². The van der Waals surface area contributed by atoms with E-state index >= 15 is 0 Å². The molecule has 2 rings (SSSR count). The van der Waals surface area contributed by atoms with E-state index in [4.69, 9.17) is 0 Å². The third-order valence-electron chi connectivity index (χ3n) is 2.61. The number of halogens is 1. The molecule has 4 heteroatoms. The van der Waals surface area contributed by atoms with Gasteiger partial charge >= 0.3 is 0 Å². The predicted octanol–water partition coefficient (Wildman–Crippen LogP) is 1.62. The number of hydrogen-bond donors (Lipinski definition) is 2. The SMILES string of the molecule is CC1(C)NNC(=O)/C1=C\c1ccccc1F. The Labute approximate surface area is 93.3 Å². The fourth-order valence-electron chi connectivity index (χ4n) is 1.63. The van der Waals surface area contributed by atoms with Gasteiger partial charge < -0.3 is 0 Å². The van der Waals surface area contributed by atoms with Crippen LogP contribution < -0.4 is 10.9 Å². The third-order valence-corrected chi connectivity index (χ3v) is 2.61. The molecule has 0 unspecified atom stereocenters. The molecule has 0 aliphatic carbocycles. The van der Waals surface area contributed by atoms with Crippen LogP contribution >= 0.6 is 0 Å². The lowest BCUT2D eigenvalue weighted by molar-refractivity contribution is -0.116. The van der Waals surface area contributed by atoms with Gasteiger partial charge in [0.15, 0.2) is 0 Å². The average molecular weight is 220 g/mol. The highest BCUT2D eigenvalue weighted by molar-refractivity contribution is 6.01. The summed E-state index contributed by atoms with van der Waals surface area (Å²) in [5, 5.41) is 0. The number of rotatable bonds is 1. The summed E-state index contributed by atoms with van der Waals surface area (Å²) in [6.45, 7) is 3.72. The van der Waals surface area contributed by atoms with Crippen LogP contribution in [0.5, 0.6) is 0 Å². The molecule has 0 saturated carbocycles. The Morgan fingerprint density at radius 1 is 1.31 bits per heavy atom. The first-order valence-electron chi connectivity index (χ1n) is 5.05. The summed E-state index contributed by atoms with van der Waals surface area (Å²) in [4.78, 5) is 11.5. The second-order valence-electron chi connectivity index (χ2n) is 4.28. The largest absolute Gasteiger partial charge is 0.287 e. The summed E-state index contributed by atoms with van der Waals surface area (Å²) in [7, 11) is 0. The number of amides is 1. The van der Waals surface area contributed by atoms with Gasteiger partial charge in [0, 0.05) is 11.1 Å².